The maximum Gasteiger partial charge on any atom is 0.0413 e. The maximum absolute atomic E-state index is 3.60. The molecule has 1 aliphatic rings. The van der Waals surface area contributed by atoms with Gasteiger partial charge >= 0.3 is 0 Å². The van der Waals surface area contributed by atoms with Crippen LogP contribution in [0.3, 0.4) is 0 Å². The van der Waals surface area contributed by atoms with E-state index in [4.69, 9.17) is 0 Å². The lowest BCUT2D eigenvalue weighted by Crippen LogP contribution is -2.39. The molecule has 2 rings (SSSR count). The molecule has 0 aromatic carbocycles. The Labute approximate surface area is 103 Å². The lowest BCUT2D eigenvalue weighted by molar-refractivity contribution is 0.195. The summed E-state index contributed by atoms with van der Waals surface area (Å²) in [4.78, 5) is 3.92. The van der Waals surface area contributed by atoms with Crippen LogP contribution in [0.5, 0.6) is 0 Å². The zero-order valence-electron chi connectivity index (χ0n) is 10.4. The maximum atomic E-state index is 3.60. The predicted molar refractivity (Wildman–Crippen MR) is 71.0 cm³/mol. The van der Waals surface area contributed by atoms with E-state index in [1.165, 1.54) is 17.7 Å². The first-order valence-corrected chi connectivity index (χ1v) is 7.05. The first kappa shape index (κ1) is 12.1. The minimum absolute atomic E-state index is 0.524. The molecule has 0 aliphatic heterocycles. The Morgan fingerprint density at radius 3 is 2.81 bits per heavy atom. The van der Waals surface area contributed by atoms with E-state index >= 15 is 0 Å². The molecule has 1 fully saturated rings. The van der Waals surface area contributed by atoms with Gasteiger partial charge in [-0.1, -0.05) is 6.07 Å². The summed E-state index contributed by atoms with van der Waals surface area (Å²) < 4.78 is 0. The second-order valence-electron chi connectivity index (χ2n) is 4.89. The SMILES string of the molecule is CC(CNC1CC1)N(C)C(C)c1cccs1. The standard InChI is InChI=1S/C13H22N2S/c1-10(9-14-12-6-7-12)15(3)11(2)13-5-4-8-16-13/h4-5,8,10-12,14H,6-7,9H2,1-3H3. The Morgan fingerprint density at radius 2 is 2.25 bits per heavy atom. The van der Waals surface area contributed by atoms with Crippen LogP contribution in [0.1, 0.15) is 37.6 Å². The molecule has 1 aromatic heterocycles. The van der Waals surface area contributed by atoms with Crippen LogP contribution in [-0.2, 0) is 0 Å². The summed E-state index contributed by atoms with van der Waals surface area (Å²) in [6.07, 6.45) is 2.74. The molecule has 16 heavy (non-hydrogen) atoms. The first-order chi connectivity index (χ1) is 7.68. The average Bonchev–Trinajstić information content (AvgIpc) is 2.96. The zero-order chi connectivity index (χ0) is 11.5. The van der Waals surface area contributed by atoms with Crippen LogP contribution in [0.25, 0.3) is 0 Å². The van der Waals surface area contributed by atoms with Gasteiger partial charge in [0.05, 0.1) is 0 Å². The Hall–Kier alpha value is -0.380. The molecule has 1 heterocycles. The second-order valence-corrected chi connectivity index (χ2v) is 5.87. The van der Waals surface area contributed by atoms with Crippen molar-refractivity contribution >= 4 is 11.3 Å². The lowest BCUT2D eigenvalue weighted by atomic mass is 10.2. The van der Waals surface area contributed by atoms with Crippen LogP contribution in [0.4, 0.5) is 0 Å². The molecule has 1 aliphatic carbocycles. The normalized spacial score (nSPS) is 20.0. The van der Waals surface area contributed by atoms with Gasteiger partial charge in [-0.2, -0.15) is 0 Å². The van der Waals surface area contributed by atoms with Crippen LogP contribution in [-0.4, -0.2) is 30.6 Å². The molecule has 2 atom stereocenters. The molecule has 3 heteroatoms. The van der Waals surface area contributed by atoms with E-state index in [2.05, 4.69) is 48.6 Å². The van der Waals surface area contributed by atoms with Crippen molar-refractivity contribution in [2.24, 2.45) is 0 Å². The van der Waals surface area contributed by atoms with E-state index in [9.17, 15) is 0 Å². The molecule has 1 aromatic rings. The Balaban J connectivity index is 1.82. The van der Waals surface area contributed by atoms with Crippen molar-refractivity contribution in [3.63, 3.8) is 0 Å². The van der Waals surface area contributed by atoms with Gasteiger partial charge in [0.2, 0.25) is 0 Å². The van der Waals surface area contributed by atoms with E-state index < -0.39 is 0 Å². The monoisotopic (exact) mass is 238 g/mol. The van der Waals surface area contributed by atoms with E-state index in [1.807, 2.05) is 11.3 Å². The smallest absolute Gasteiger partial charge is 0.0413 e. The molecule has 2 unspecified atom stereocenters. The van der Waals surface area contributed by atoms with Gasteiger partial charge in [-0.15, -0.1) is 11.3 Å². The minimum Gasteiger partial charge on any atom is -0.312 e. The number of hydrogen-bond donors (Lipinski definition) is 1. The molecule has 2 nitrogen and oxygen atoms in total. The van der Waals surface area contributed by atoms with E-state index in [-0.39, 0.29) is 0 Å². The quantitative estimate of drug-likeness (QED) is 0.820. The van der Waals surface area contributed by atoms with Gasteiger partial charge in [-0.05, 0) is 45.2 Å². The fourth-order valence-electron chi connectivity index (χ4n) is 1.88. The third kappa shape index (κ3) is 3.06. The summed E-state index contributed by atoms with van der Waals surface area (Å²) in [7, 11) is 2.23. The Morgan fingerprint density at radius 1 is 1.50 bits per heavy atom. The summed E-state index contributed by atoms with van der Waals surface area (Å²) in [5.74, 6) is 0. The number of nitrogens with zero attached hydrogens (tertiary/aromatic N) is 1. The largest absolute Gasteiger partial charge is 0.312 e. The summed E-state index contributed by atoms with van der Waals surface area (Å²) in [6, 6.07) is 6.30. The molecule has 0 spiro atoms. The molecule has 0 radical (unpaired) electrons. The first-order valence-electron chi connectivity index (χ1n) is 6.17. The van der Waals surface area contributed by atoms with Crippen LogP contribution < -0.4 is 5.32 Å². The number of rotatable bonds is 6. The predicted octanol–water partition coefficient (Wildman–Crippen LogP) is 2.88. The topological polar surface area (TPSA) is 15.3 Å². The summed E-state index contributed by atoms with van der Waals surface area (Å²) in [6.45, 7) is 5.70. The fraction of sp³-hybridized carbons (Fsp3) is 0.692. The number of thiophene rings is 1. The Kier molecular flexibility index (Phi) is 4.00. The van der Waals surface area contributed by atoms with Gasteiger partial charge < -0.3 is 5.32 Å². The Bertz CT molecular complexity index is 306. The van der Waals surface area contributed by atoms with E-state index in [0.29, 0.717) is 12.1 Å². The molecule has 0 bridgehead atoms. The minimum atomic E-state index is 0.524. The lowest BCUT2D eigenvalue weighted by Gasteiger charge is -2.30. The summed E-state index contributed by atoms with van der Waals surface area (Å²) in [5, 5.41) is 5.76. The van der Waals surface area contributed by atoms with E-state index in [1.54, 1.807) is 0 Å². The fourth-order valence-corrected chi connectivity index (χ4v) is 2.71. The van der Waals surface area contributed by atoms with Crippen molar-refractivity contribution in [2.45, 2.75) is 44.8 Å². The molecule has 1 N–H and O–H groups in total. The number of hydrogen-bond acceptors (Lipinski definition) is 3. The highest BCUT2D eigenvalue weighted by atomic mass is 32.1. The molecule has 0 saturated heterocycles. The number of likely N-dealkylation sites (N-methyl/N-ethyl adjacent to an activating group) is 1. The van der Waals surface area contributed by atoms with Crippen molar-refractivity contribution in [1.29, 1.82) is 0 Å². The van der Waals surface area contributed by atoms with Crippen molar-refractivity contribution in [2.75, 3.05) is 13.6 Å². The van der Waals surface area contributed by atoms with E-state index in [0.717, 1.165) is 12.6 Å². The van der Waals surface area contributed by atoms with Crippen LogP contribution >= 0.6 is 11.3 Å². The van der Waals surface area contributed by atoms with Gasteiger partial charge in [0.25, 0.3) is 0 Å². The van der Waals surface area contributed by atoms with Gasteiger partial charge in [0.1, 0.15) is 0 Å². The van der Waals surface area contributed by atoms with Gasteiger partial charge in [-0.3, -0.25) is 4.90 Å². The highest BCUT2D eigenvalue weighted by molar-refractivity contribution is 7.10. The highest BCUT2D eigenvalue weighted by Crippen LogP contribution is 2.25. The summed E-state index contributed by atoms with van der Waals surface area (Å²) >= 11 is 1.85. The third-order valence-electron chi connectivity index (χ3n) is 3.54. The molecular formula is C13H22N2S. The second kappa shape index (κ2) is 5.30. The van der Waals surface area contributed by atoms with Crippen molar-refractivity contribution in [3.8, 4) is 0 Å². The van der Waals surface area contributed by atoms with Gasteiger partial charge in [-0.25, -0.2) is 0 Å². The molecule has 90 valence electrons. The van der Waals surface area contributed by atoms with Crippen LogP contribution in [0.15, 0.2) is 17.5 Å². The summed E-state index contributed by atoms with van der Waals surface area (Å²) in [5.41, 5.74) is 0. The molecule has 1 saturated carbocycles. The van der Waals surface area contributed by atoms with Crippen LogP contribution in [0, 0.1) is 0 Å². The van der Waals surface area contributed by atoms with Gasteiger partial charge in [0, 0.05) is 29.5 Å². The average molecular weight is 238 g/mol. The molecule has 0 amide bonds. The molecular weight excluding hydrogens is 216 g/mol. The number of nitrogens with one attached hydrogen (secondary N) is 1. The van der Waals surface area contributed by atoms with Crippen molar-refractivity contribution < 1.29 is 0 Å². The van der Waals surface area contributed by atoms with Gasteiger partial charge in [0.15, 0.2) is 0 Å². The van der Waals surface area contributed by atoms with Crippen molar-refractivity contribution in [1.82, 2.24) is 10.2 Å². The highest BCUT2D eigenvalue weighted by Gasteiger charge is 2.23. The zero-order valence-corrected chi connectivity index (χ0v) is 11.3. The van der Waals surface area contributed by atoms with Crippen LogP contribution in [0.2, 0.25) is 0 Å². The van der Waals surface area contributed by atoms with Crippen molar-refractivity contribution in [3.05, 3.63) is 22.4 Å². The third-order valence-corrected chi connectivity index (χ3v) is 4.58.